The van der Waals surface area contributed by atoms with Crippen LogP contribution < -0.4 is 0 Å². The van der Waals surface area contributed by atoms with Gasteiger partial charge in [0, 0.05) is 11.1 Å². The minimum absolute atomic E-state index is 0.706. The van der Waals surface area contributed by atoms with Crippen molar-refractivity contribution in [3.63, 3.8) is 0 Å². The number of hydrogen-bond acceptors (Lipinski definition) is 3. The van der Waals surface area contributed by atoms with Crippen LogP contribution in [0.3, 0.4) is 0 Å². The second-order valence-electron chi connectivity index (χ2n) is 9.63. The van der Waals surface area contributed by atoms with Crippen molar-refractivity contribution < 1.29 is 0 Å². The third-order valence-corrected chi connectivity index (χ3v) is 7.29. The standard InChI is InChI=1S/C34H25N3/c1-3-10-23(11-4-1)25-15-9-16-27(20-25)33-35-32(24-12-5-2-6-13-24)36-34(37-33)28-18-19-31-29(22-28)21-26-14-7-8-17-30(26)31/h1-17,20,22H,18-19,21H2. The highest BCUT2D eigenvalue weighted by Gasteiger charge is 2.25. The first-order valence-electron chi connectivity index (χ1n) is 12.8. The molecule has 5 aromatic rings. The first-order valence-corrected chi connectivity index (χ1v) is 12.8. The number of aromatic nitrogens is 3. The maximum atomic E-state index is 5.04. The molecule has 176 valence electrons. The van der Waals surface area contributed by atoms with E-state index in [4.69, 9.17) is 15.0 Å². The minimum Gasteiger partial charge on any atom is -0.209 e. The quantitative estimate of drug-likeness (QED) is 0.264. The summed E-state index contributed by atoms with van der Waals surface area (Å²) < 4.78 is 0. The fourth-order valence-corrected chi connectivity index (χ4v) is 5.44. The predicted octanol–water partition coefficient (Wildman–Crippen LogP) is 8.06. The van der Waals surface area contributed by atoms with Crippen LogP contribution in [-0.2, 0) is 6.42 Å². The van der Waals surface area contributed by atoms with E-state index in [9.17, 15) is 0 Å². The van der Waals surface area contributed by atoms with Crippen molar-refractivity contribution in [3.05, 3.63) is 138 Å². The summed E-state index contributed by atoms with van der Waals surface area (Å²) >= 11 is 0. The zero-order valence-electron chi connectivity index (χ0n) is 20.4. The molecule has 37 heavy (non-hydrogen) atoms. The van der Waals surface area contributed by atoms with Crippen molar-refractivity contribution >= 4 is 11.1 Å². The number of hydrogen-bond donors (Lipinski definition) is 0. The Bertz CT molecular complexity index is 1680. The molecule has 0 saturated carbocycles. The Labute approximate surface area is 216 Å². The molecule has 1 heterocycles. The van der Waals surface area contributed by atoms with Crippen molar-refractivity contribution in [2.75, 3.05) is 0 Å². The van der Waals surface area contributed by atoms with Gasteiger partial charge >= 0.3 is 0 Å². The Morgan fingerprint density at radius 2 is 1.11 bits per heavy atom. The lowest BCUT2D eigenvalue weighted by molar-refractivity contribution is 0.980. The molecule has 0 amide bonds. The van der Waals surface area contributed by atoms with E-state index in [1.807, 2.05) is 24.3 Å². The van der Waals surface area contributed by atoms with E-state index in [2.05, 4.69) is 91.0 Å². The molecule has 2 aliphatic carbocycles. The number of allylic oxidation sites excluding steroid dienone is 4. The molecule has 7 rings (SSSR count). The first-order chi connectivity index (χ1) is 18.3. The molecule has 0 bridgehead atoms. The second-order valence-corrected chi connectivity index (χ2v) is 9.63. The smallest absolute Gasteiger partial charge is 0.164 e. The summed E-state index contributed by atoms with van der Waals surface area (Å²) in [6, 6.07) is 37.9. The molecule has 0 saturated heterocycles. The molecular formula is C34H25N3. The van der Waals surface area contributed by atoms with Crippen LogP contribution in [0.5, 0.6) is 0 Å². The summed E-state index contributed by atoms with van der Waals surface area (Å²) in [5, 5.41) is 0. The summed E-state index contributed by atoms with van der Waals surface area (Å²) in [5.74, 6) is 2.19. The number of benzene rings is 4. The fourth-order valence-electron chi connectivity index (χ4n) is 5.44. The molecule has 0 fully saturated rings. The van der Waals surface area contributed by atoms with E-state index in [1.54, 1.807) is 0 Å². The van der Waals surface area contributed by atoms with Crippen LogP contribution in [0.15, 0.2) is 121 Å². The van der Waals surface area contributed by atoms with Gasteiger partial charge in [-0.15, -0.1) is 0 Å². The molecule has 0 atom stereocenters. The highest BCUT2D eigenvalue weighted by atomic mass is 15.0. The highest BCUT2D eigenvalue weighted by molar-refractivity contribution is 5.85. The van der Waals surface area contributed by atoms with Gasteiger partial charge in [-0.3, -0.25) is 0 Å². The third-order valence-electron chi connectivity index (χ3n) is 7.29. The summed E-state index contributed by atoms with van der Waals surface area (Å²) in [4.78, 5) is 15.0. The van der Waals surface area contributed by atoms with Gasteiger partial charge in [0.05, 0.1) is 0 Å². The Balaban J connectivity index is 1.34. The van der Waals surface area contributed by atoms with Crippen LogP contribution >= 0.6 is 0 Å². The maximum absolute atomic E-state index is 5.04. The largest absolute Gasteiger partial charge is 0.209 e. The molecule has 3 nitrogen and oxygen atoms in total. The van der Waals surface area contributed by atoms with Crippen molar-refractivity contribution in [1.29, 1.82) is 0 Å². The third kappa shape index (κ3) is 4.09. The van der Waals surface area contributed by atoms with Crippen LogP contribution in [0.25, 0.3) is 45.0 Å². The van der Waals surface area contributed by atoms with Crippen LogP contribution in [0, 0.1) is 0 Å². The van der Waals surface area contributed by atoms with Gasteiger partial charge in [-0.25, -0.2) is 15.0 Å². The number of rotatable bonds is 4. The predicted molar refractivity (Wildman–Crippen MR) is 150 cm³/mol. The molecule has 0 aliphatic heterocycles. The molecule has 0 radical (unpaired) electrons. The molecule has 0 unspecified atom stereocenters. The van der Waals surface area contributed by atoms with E-state index < -0.39 is 0 Å². The van der Waals surface area contributed by atoms with E-state index in [-0.39, 0.29) is 0 Å². The van der Waals surface area contributed by atoms with Crippen LogP contribution in [0.1, 0.15) is 29.8 Å². The van der Waals surface area contributed by atoms with Gasteiger partial charge in [-0.2, -0.15) is 0 Å². The number of nitrogens with zero attached hydrogens (tertiary/aromatic N) is 3. The molecular weight excluding hydrogens is 450 g/mol. The van der Waals surface area contributed by atoms with Crippen molar-refractivity contribution in [2.45, 2.75) is 19.3 Å². The van der Waals surface area contributed by atoms with Crippen molar-refractivity contribution in [2.24, 2.45) is 0 Å². The normalized spacial score (nSPS) is 14.2. The van der Waals surface area contributed by atoms with E-state index in [1.165, 1.54) is 33.4 Å². The summed E-state index contributed by atoms with van der Waals surface area (Å²) in [7, 11) is 0. The average molecular weight is 476 g/mol. The topological polar surface area (TPSA) is 38.7 Å². The van der Waals surface area contributed by atoms with Crippen molar-refractivity contribution in [3.8, 4) is 33.9 Å². The molecule has 1 aromatic heterocycles. The van der Waals surface area contributed by atoms with Gasteiger partial charge in [0.2, 0.25) is 0 Å². The average Bonchev–Trinajstić information content (AvgIpc) is 3.36. The minimum atomic E-state index is 0.706. The Morgan fingerprint density at radius 3 is 1.92 bits per heavy atom. The van der Waals surface area contributed by atoms with Gasteiger partial charge in [0.1, 0.15) is 0 Å². The first kappa shape index (κ1) is 21.6. The zero-order valence-corrected chi connectivity index (χ0v) is 20.4. The van der Waals surface area contributed by atoms with Gasteiger partial charge in [-0.1, -0.05) is 109 Å². The molecule has 2 aliphatic rings. The lowest BCUT2D eigenvalue weighted by atomic mass is 9.91. The summed E-state index contributed by atoms with van der Waals surface area (Å²) in [5.41, 5.74) is 11.2. The summed E-state index contributed by atoms with van der Waals surface area (Å²) in [6.45, 7) is 0. The lowest BCUT2D eigenvalue weighted by Crippen LogP contribution is -2.05. The molecule has 4 aromatic carbocycles. The van der Waals surface area contributed by atoms with Crippen LogP contribution in [0.2, 0.25) is 0 Å². The van der Waals surface area contributed by atoms with Gasteiger partial charge in [-0.05, 0) is 64.3 Å². The second kappa shape index (κ2) is 9.11. The van der Waals surface area contributed by atoms with E-state index in [0.29, 0.717) is 11.6 Å². The van der Waals surface area contributed by atoms with Gasteiger partial charge < -0.3 is 0 Å². The Kier molecular flexibility index (Phi) is 5.32. The SMILES string of the molecule is C1=C(c2nc(-c3ccccc3)nc(-c3cccc(-c4ccccc4)c3)n2)CCC2=C1Cc1ccccc12. The monoisotopic (exact) mass is 475 g/mol. The van der Waals surface area contributed by atoms with Crippen LogP contribution in [-0.4, -0.2) is 15.0 Å². The van der Waals surface area contributed by atoms with Crippen molar-refractivity contribution in [1.82, 2.24) is 15.0 Å². The van der Waals surface area contributed by atoms with E-state index in [0.717, 1.165) is 41.8 Å². The highest BCUT2D eigenvalue weighted by Crippen LogP contribution is 2.42. The zero-order chi connectivity index (χ0) is 24.6. The Morgan fingerprint density at radius 1 is 0.486 bits per heavy atom. The molecule has 0 N–H and O–H groups in total. The molecule has 0 spiro atoms. The van der Waals surface area contributed by atoms with Crippen LogP contribution in [0.4, 0.5) is 0 Å². The summed E-state index contributed by atoms with van der Waals surface area (Å²) in [6.07, 6.45) is 5.25. The van der Waals surface area contributed by atoms with Gasteiger partial charge in [0.25, 0.3) is 0 Å². The number of fused-ring (bicyclic) bond motifs is 2. The maximum Gasteiger partial charge on any atom is 0.164 e. The van der Waals surface area contributed by atoms with Gasteiger partial charge in [0.15, 0.2) is 17.5 Å². The lowest BCUT2D eigenvalue weighted by Gasteiger charge is -2.16. The molecule has 3 heteroatoms. The van der Waals surface area contributed by atoms with E-state index >= 15 is 0 Å². The Hall–Kier alpha value is -4.63. The fraction of sp³-hybridized carbons (Fsp3) is 0.0882.